The molecule has 1 aromatic carbocycles. The third-order valence-electron chi connectivity index (χ3n) is 1.65. The van der Waals surface area contributed by atoms with Crippen molar-refractivity contribution in [3.63, 3.8) is 0 Å². The van der Waals surface area contributed by atoms with Crippen molar-refractivity contribution in [3.05, 3.63) is 29.8 Å². The fraction of sp³-hybridized carbons (Fsp3) is 0.400. The molecule has 0 saturated carbocycles. The lowest BCUT2D eigenvalue weighted by Gasteiger charge is -2.16. The summed E-state index contributed by atoms with van der Waals surface area (Å²) in [5.41, 5.74) is 0.791. The molecule has 5 heteroatoms. The Labute approximate surface area is 89.5 Å². The highest BCUT2D eigenvalue weighted by Gasteiger charge is 2.24. The minimum absolute atomic E-state index is 0.357. The summed E-state index contributed by atoms with van der Waals surface area (Å²) >= 11 is 0. The van der Waals surface area contributed by atoms with Crippen LogP contribution in [-0.4, -0.2) is 11.0 Å². The highest BCUT2D eigenvalue weighted by molar-refractivity contribution is 7.47. The minimum atomic E-state index is -4.00. The third kappa shape index (κ3) is 4.04. The van der Waals surface area contributed by atoms with Crippen molar-refractivity contribution in [1.29, 1.82) is 0 Å². The standard InChI is InChI=1S/C10H15O4P/c1-8(2)13-15(11,12)14-10-7-5-4-6-9(10)3/h4-8H,1-3H3,(H,11,12). The predicted octanol–water partition coefficient (Wildman–Crippen LogP) is 2.90. The van der Waals surface area contributed by atoms with Crippen LogP contribution in [0, 0.1) is 6.92 Å². The SMILES string of the molecule is Cc1ccccc1OP(=O)(O)OC(C)C. The number of benzene rings is 1. The van der Waals surface area contributed by atoms with Gasteiger partial charge in [0.2, 0.25) is 0 Å². The van der Waals surface area contributed by atoms with Gasteiger partial charge in [-0.1, -0.05) is 18.2 Å². The maximum atomic E-state index is 11.5. The van der Waals surface area contributed by atoms with Crippen molar-refractivity contribution in [1.82, 2.24) is 0 Å². The predicted molar refractivity (Wildman–Crippen MR) is 57.9 cm³/mol. The Morgan fingerprint density at radius 3 is 2.47 bits per heavy atom. The van der Waals surface area contributed by atoms with Crippen LogP contribution in [0.25, 0.3) is 0 Å². The van der Waals surface area contributed by atoms with Gasteiger partial charge in [0, 0.05) is 0 Å². The molecule has 1 atom stereocenters. The first-order valence-corrected chi connectivity index (χ1v) is 6.17. The molecule has 0 amide bonds. The fourth-order valence-corrected chi connectivity index (χ4v) is 2.10. The van der Waals surface area contributed by atoms with Gasteiger partial charge in [0.15, 0.2) is 0 Å². The van der Waals surface area contributed by atoms with Gasteiger partial charge >= 0.3 is 7.82 Å². The van der Waals surface area contributed by atoms with Crippen LogP contribution < -0.4 is 4.52 Å². The first-order chi connectivity index (χ1) is 6.91. The summed E-state index contributed by atoms with van der Waals surface area (Å²) in [7, 11) is -4.00. The Hall–Kier alpha value is -0.830. The van der Waals surface area contributed by atoms with Crippen LogP contribution in [0.4, 0.5) is 0 Å². The van der Waals surface area contributed by atoms with E-state index < -0.39 is 7.82 Å². The molecule has 1 rings (SSSR count). The van der Waals surface area contributed by atoms with Gasteiger partial charge in [-0.3, -0.25) is 9.42 Å². The van der Waals surface area contributed by atoms with Crippen LogP contribution in [0.2, 0.25) is 0 Å². The molecular formula is C10H15O4P. The van der Waals surface area contributed by atoms with E-state index in [1.807, 2.05) is 6.07 Å². The molecule has 0 aliphatic heterocycles. The molecule has 15 heavy (non-hydrogen) atoms. The molecule has 4 nitrogen and oxygen atoms in total. The van der Waals surface area contributed by atoms with Crippen LogP contribution >= 0.6 is 7.82 Å². The minimum Gasteiger partial charge on any atom is -0.404 e. The average molecular weight is 230 g/mol. The molecule has 0 bridgehead atoms. The summed E-state index contributed by atoms with van der Waals surface area (Å²) in [5, 5.41) is 0. The van der Waals surface area contributed by atoms with E-state index in [1.165, 1.54) is 0 Å². The van der Waals surface area contributed by atoms with E-state index in [-0.39, 0.29) is 6.10 Å². The second-order valence-electron chi connectivity index (χ2n) is 3.48. The van der Waals surface area contributed by atoms with Crippen molar-refractivity contribution < 1.29 is 18.5 Å². The fourth-order valence-electron chi connectivity index (χ4n) is 1.07. The van der Waals surface area contributed by atoms with Crippen LogP contribution in [0.5, 0.6) is 5.75 Å². The summed E-state index contributed by atoms with van der Waals surface area (Å²) in [6.45, 7) is 5.14. The largest absolute Gasteiger partial charge is 0.527 e. The Bertz CT molecular complexity index is 375. The lowest BCUT2D eigenvalue weighted by molar-refractivity contribution is 0.161. The summed E-state index contributed by atoms with van der Waals surface area (Å²) in [6.07, 6.45) is -0.357. The molecule has 0 aliphatic rings. The van der Waals surface area contributed by atoms with Crippen LogP contribution in [-0.2, 0) is 9.09 Å². The Kier molecular flexibility index (Phi) is 3.91. The van der Waals surface area contributed by atoms with Gasteiger partial charge in [0.25, 0.3) is 0 Å². The third-order valence-corrected chi connectivity index (χ3v) is 2.77. The summed E-state index contributed by atoms with van der Waals surface area (Å²) in [4.78, 5) is 9.37. The zero-order valence-corrected chi connectivity index (χ0v) is 9.90. The molecular weight excluding hydrogens is 215 g/mol. The molecule has 1 unspecified atom stereocenters. The summed E-state index contributed by atoms with van der Waals surface area (Å²) in [5.74, 6) is 0.365. The van der Waals surface area contributed by atoms with Gasteiger partial charge in [-0.15, -0.1) is 0 Å². The molecule has 0 fully saturated rings. The number of phosphoric acid groups is 1. The van der Waals surface area contributed by atoms with E-state index >= 15 is 0 Å². The highest BCUT2D eigenvalue weighted by Crippen LogP contribution is 2.45. The lowest BCUT2D eigenvalue weighted by atomic mass is 10.2. The molecule has 84 valence electrons. The van der Waals surface area contributed by atoms with Gasteiger partial charge in [-0.2, -0.15) is 0 Å². The second-order valence-corrected chi connectivity index (χ2v) is 4.81. The molecule has 0 aliphatic carbocycles. The average Bonchev–Trinajstić information content (AvgIpc) is 2.06. The first kappa shape index (κ1) is 12.2. The number of phosphoric ester groups is 1. The van der Waals surface area contributed by atoms with E-state index in [0.717, 1.165) is 5.56 Å². The van der Waals surface area contributed by atoms with Crippen LogP contribution in [0.3, 0.4) is 0 Å². The quantitative estimate of drug-likeness (QED) is 0.808. The zero-order valence-electron chi connectivity index (χ0n) is 9.01. The van der Waals surface area contributed by atoms with Gasteiger partial charge < -0.3 is 4.52 Å². The normalized spacial score (nSPS) is 15.0. The Balaban J connectivity index is 2.78. The van der Waals surface area contributed by atoms with Gasteiger partial charge in [-0.05, 0) is 32.4 Å². The summed E-state index contributed by atoms with van der Waals surface area (Å²) < 4.78 is 21.2. The lowest BCUT2D eigenvalue weighted by Crippen LogP contribution is -2.04. The van der Waals surface area contributed by atoms with Crippen LogP contribution in [0.1, 0.15) is 19.4 Å². The molecule has 0 spiro atoms. The van der Waals surface area contributed by atoms with Crippen molar-refractivity contribution >= 4 is 7.82 Å². The molecule has 0 heterocycles. The second kappa shape index (κ2) is 4.79. The first-order valence-electron chi connectivity index (χ1n) is 4.67. The molecule has 0 saturated heterocycles. The van der Waals surface area contributed by atoms with E-state index in [9.17, 15) is 9.46 Å². The monoisotopic (exact) mass is 230 g/mol. The van der Waals surface area contributed by atoms with Crippen molar-refractivity contribution in [2.45, 2.75) is 26.9 Å². The van der Waals surface area contributed by atoms with E-state index in [0.29, 0.717) is 5.75 Å². The zero-order chi connectivity index (χ0) is 11.5. The smallest absolute Gasteiger partial charge is 0.404 e. The van der Waals surface area contributed by atoms with Gasteiger partial charge in [0.05, 0.1) is 6.10 Å². The van der Waals surface area contributed by atoms with E-state index in [1.54, 1.807) is 39.0 Å². The maximum Gasteiger partial charge on any atom is 0.527 e. The molecule has 0 aromatic heterocycles. The maximum absolute atomic E-state index is 11.5. The number of aryl methyl sites for hydroxylation is 1. The van der Waals surface area contributed by atoms with E-state index in [4.69, 9.17) is 9.05 Å². The molecule has 1 aromatic rings. The van der Waals surface area contributed by atoms with Crippen molar-refractivity contribution in [2.24, 2.45) is 0 Å². The Morgan fingerprint density at radius 1 is 1.33 bits per heavy atom. The Morgan fingerprint density at radius 2 is 1.93 bits per heavy atom. The number of hydrogen-bond donors (Lipinski definition) is 1. The van der Waals surface area contributed by atoms with Gasteiger partial charge in [0.1, 0.15) is 5.75 Å². The van der Waals surface area contributed by atoms with Crippen LogP contribution in [0.15, 0.2) is 24.3 Å². The molecule has 1 N–H and O–H groups in total. The van der Waals surface area contributed by atoms with Crippen molar-refractivity contribution in [3.8, 4) is 5.75 Å². The van der Waals surface area contributed by atoms with E-state index in [2.05, 4.69) is 0 Å². The number of para-hydroxylation sites is 1. The number of rotatable bonds is 4. The van der Waals surface area contributed by atoms with Gasteiger partial charge in [-0.25, -0.2) is 4.57 Å². The highest BCUT2D eigenvalue weighted by atomic mass is 31.2. The topological polar surface area (TPSA) is 55.8 Å². The van der Waals surface area contributed by atoms with Crippen molar-refractivity contribution in [2.75, 3.05) is 0 Å². The molecule has 0 radical (unpaired) electrons. The summed E-state index contributed by atoms with van der Waals surface area (Å²) in [6, 6.07) is 6.98. The number of hydrogen-bond acceptors (Lipinski definition) is 3.